The Morgan fingerprint density at radius 2 is 2.23 bits per heavy atom. The number of hydrogen-bond acceptors (Lipinski definition) is 3. The standard InChI is InChI=1S/C19H29NO2/c1-4-12-22-13-6-10-20-11-9-15(2)16(3)19(20)17-7-5-8-18(21)14-17/h4-5,7-8,14-16,19,21H,1,6,9-13H2,2-3H3/t15-,16+,19?/m0/s1. The molecule has 0 aromatic heterocycles. The van der Waals surface area contributed by atoms with Gasteiger partial charge in [-0.3, -0.25) is 4.90 Å². The number of phenols is 1. The van der Waals surface area contributed by atoms with E-state index in [0.29, 0.717) is 30.2 Å². The van der Waals surface area contributed by atoms with E-state index in [1.54, 1.807) is 12.1 Å². The van der Waals surface area contributed by atoms with Gasteiger partial charge in [-0.25, -0.2) is 0 Å². The van der Waals surface area contributed by atoms with Crippen LogP contribution in [0, 0.1) is 11.8 Å². The van der Waals surface area contributed by atoms with Gasteiger partial charge in [-0.2, -0.15) is 0 Å². The topological polar surface area (TPSA) is 32.7 Å². The predicted molar refractivity (Wildman–Crippen MR) is 91.0 cm³/mol. The molecule has 1 aromatic carbocycles. The molecule has 1 heterocycles. The third-order valence-electron chi connectivity index (χ3n) is 4.84. The molecule has 0 radical (unpaired) electrons. The summed E-state index contributed by atoms with van der Waals surface area (Å²) >= 11 is 0. The van der Waals surface area contributed by atoms with Crippen LogP contribution < -0.4 is 0 Å². The minimum atomic E-state index is 0.359. The van der Waals surface area contributed by atoms with Crippen LogP contribution in [0.15, 0.2) is 36.9 Å². The number of benzene rings is 1. The van der Waals surface area contributed by atoms with E-state index in [1.165, 1.54) is 12.0 Å². The molecule has 1 aliphatic heterocycles. The second-order valence-electron chi connectivity index (χ2n) is 6.42. The van der Waals surface area contributed by atoms with Crippen molar-refractivity contribution < 1.29 is 9.84 Å². The van der Waals surface area contributed by atoms with Crippen LogP contribution in [0.25, 0.3) is 0 Å². The molecule has 1 fully saturated rings. The Morgan fingerprint density at radius 1 is 1.41 bits per heavy atom. The summed E-state index contributed by atoms with van der Waals surface area (Å²) in [6.45, 7) is 11.9. The van der Waals surface area contributed by atoms with Crippen molar-refractivity contribution in [3.8, 4) is 5.75 Å². The zero-order chi connectivity index (χ0) is 15.9. The van der Waals surface area contributed by atoms with Crippen molar-refractivity contribution in [3.05, 3.63) is 42.5 Å². The van der Waals surface area contributed by atoms with Gasteiger partial charge in [0.2, 0.25) is 0 Å². The summed E-state index contributed by atoms with van der Waals surface area (Å²) < 4.78 is 5.50. The second kappa shape index (κ2) is 8.35. The average Bonchev–Trinajstić information content (AvgIpc) is 2.50. The fraction of sp³-hybridized carbons (Fsp3) is 0.579. The van der Waals surface area contributed by atoms with Crippen LogP contribution >= 0.6 is 0 Å². The maximum atomic E-state index is 9.81. The molecule has 1 saturated heterocycles. The first-order chi connectivity index (χ1) is 10.6. The van der Waals surface area contributed by atoms with E-state index in [2.05, 4.69) is 31.4 Å². The first kappa shape index (κ1) is 17.0. The molecular weight excluding hydrogens is 274 g/mol. The number of piperidine rings is 1. The highest BCUT2D eigenvalue weighted by Crippen LogP contribution is 2.39. The SMILES string of the molecule is C=CCOCCCN1CC[C@H](C)[C@@H](C)C1c1cccc(O)c1. The molecule has 0 bridgehead atoms. The molecule has 22 heavy (non-hydrogen) atoms. The number of nitrogens with zero attached hydrogens (tertiary/aromatic N) is 1. The van der Waals surface area contributed by atoms with Gasteiger partial charge in [0.15, 0.2) is 0 Å². The van der Waals surface area contributed by atoms with E-state index in [9.17, 15) is 5.11 Å². The molecule has 0 spiro atoms. The summed E-state index contributed by atoms with van der Waals surface area (Å²) in [6, 6.07) is 8.13. The van der Waals surface area contributed by atoms with Gasteiger partial charge in [0.05, 0.1) is 6.61 Å². The zero-order valence-corrected chi connectivity index (χ0v) is 13.9. The number of ether oxygens (including phenoxy) is 1. The van der Waals surface area contributed by atoms with Gasteiger partial charge < -0.3 is 9.84 Å². The lowest BCUT2D eigenvalue weighted by Gasteiger charge is -2.43. The van der Waals surface area contributed by atoms with Gasteiger partial charge in [0, 0.05) is 19.2 Å². The monoisotopic (exact) mass is 303 g/mol. The Bertz CT molecular complexity index is 474. The van der Waals surface area contributed by atoms with E-state index in [-0.39, 0.29) is 0 Å². The number of likely N-dealkylation sites (tertiary alicyclic amines) is 1. The molecule has 1 N–H and O–H groups in total. The van der Waals surface area contributed by atoms with Crippen molar-refractivity contribution in [2.45, 2.75) is 32.7 Å². The van der Waals surface area contributed by atoms with Crippen molar-refractivity contribution in [1.82, 2.24) is 4.90 Å². The van der Waals surface area contributed by atoms with E-state index in [0.717, 1.165) is 26.1 Å². The second-order valence-corrected chi connectivity index (χ2v) is 6.42. The Hall–Kier alpha value is -1.32. The normalized spacial score (nSPS) is 26.0. The van der Waals surface area contributed by atoms with E-state index in [4.69, 9.17) is 4.74 Å². The average molecular weight is 303 g/mol. The van der Waals surface area contributed by atoms with Gasteiger partial charge in [-0.15, -0.1) is 6.58 Å². The van der Waals surface area contributed by atoms with Crippen LogP contribution in [0.2, 0.25) is 0 Å². The molecule has 0 saturated carbocycles. The predicted octanol–water partition coefficient (Wildman–Crippen LogP) is 4.00. The third-order valence-corrected chi connectivity index (χ3v) is 4.84. The van der Waals surface area contributed by atoms with Crippen molar-refractivity contribution >= 4 is 0 Å². The minimum absolute atomic E-state index is 0.359. The molecule has 3 heteroatoms. The number of hydrogen-bond donors (Lipinski definition) is 1. The lowest BCUT2D eigenvalue weighted by molar-refractivity contribution is 0.0525. The molecule has 2 rings (SSSR count). The molecule has 3 nitrogen and oxygen atoms in total. The Kier molecular flexibility index (Phi) is 6.47. The Morgan fingerprint density at radius 3 is 2.95 bits per heavy atom. The van der Waals surface area contributed by atoms with Crippen LogP contribution in [-0.4, -0.2) is 36.3 Å². The smallest absolute Gasteiger partial charge is 0.115 e. The summed E-state index contributed by atoms with van der Waals surface area (Å²) in [5.74, 6) is 1.66. The summed E-state index contributed by atoms with van der Waals surface area (Å²) in [5, 5.41) is 9.81. The van der Waals surface area contributed by atoms with Gasteiger partial charge in [-0.05, 0) is 48.9 Å². The van der Waals surface area contributed by atoms with Crippen LogP contribution in [0.4, 0.5) is 0 Å². The Balaban J connectivity index is 2.04. The molecule has 1 aliphatic rings. The lowest BCUT2D eigenvalue weighted by atomic mass is 9.79. The molecule has 0 aliphatic carbocycles. The largest absolute Gasteiger partial charge is 0.508 e. The van der Waals surface area contributed by atoms with Gasteiger partial charge >= 0.3 is 0 Å². The number of rotatable bonds is 7. The first-order valence-corrected chi connectivity index (χ1v) is 8.35. The molecule has 1 unspecified atom stereocenters. The van der Waals surface area contributed by atoms with Crippen LogP contribution in [0.5, 0.6) is 5.75 Å². The van der Waals surface area contributed by atoms with Crippen LogP contribution in [0.1, 0.15) is 38.3 Å². The third kappa shape index (κ3) is 4.34. The molecule has 1 aromatic rings. The van der Waals surface area contributed by atoms with E-state index >= 15 is 0 Å². The molecule has 0 amide bonds. The quantitative estimate of drug-likeness (QED) is 0.610. The van der Waals surface area contributed by atoms with Crippen LogP contribution in [-0.2, 0) is 4.74 Å². The summed E-state index contributed by atoms with van der Waals surface area (Å²) in [4.78, 5) is 2.55. The maximum absolute atomic E-state index is 9.81. The van der Waals surface area contributed by atoms with Crippen molar-refractivity contribution in [3.63, 3.8) is 0 Å². The highest BCUT2D eigenvalue weighted by Gasteiger charge is 2.33. The van der Waals surface area contributed by atoms with Crippen LogP contribution in [0.3, 0.4) is 0 Å². The van der Waals surface area contributed by atoms with E-state index < -0.39 is 0 Å². The number of phenolic OH excluding ortho intramolecular Hbond substituents is 1. The molecule has 3 atom stereocenters. The lowest BCUT2D eigenvalue weighted by Crippen LogP contribution is -2.42. The highest BCUT2D eigenvalue weighted by molar-refractivity contribution is 5.30. The van der Waals surface area contributed by atoms with Crippen molar-refractivity contribution in [2.75, 3.05) is 26.3 Å². The highest BCUT2D eigenvalue weighted by atomic mass is 16.5. The molecule has 122 valence electrons. The maximum Gasteiger partial charge on any atom is 0.115 e. The fourth-order valence-electron chi connectivity index (χ4n) is 3.43. The van der Waals surface area contributed by atoms with Gasteiger partial charge in [0.1, 0.15) is 5.75 Å². The fourth-order valence-corrected chi connectivity index (χ4v) is 3.43. The number of aromatic hydroxyl groups is 1. The van der Waals surface area contributed by atoms with Gasteiger partial charge in [0.25, 0.3) is 0 Å². The zero-order valence-electron chi connectivity index (χ0n) is 13.9. The first-order valence-electron chi connectivity index (χ1n) is 8.35. The summed E-state index contributed by atoms with van der Waals surface area (Å²) in [5.41, 5.74) is 1.23. The summed E-state index contributed by atoms with van der Waals surface area (Å²) in [6.07, 6.45) is 4.06. The van der Waals surface area contributed by atoms with Crippen molar-refractivity contribution in [2.24, 2.45) is 11.8 Å². The minimum Gasteiger partial charge on any atom is -0.508 e. The Labute approximate surface area is 134 Å². The van der Waals surface area contributed by atoms with Gasteiger partial charge in [-0.1, -0.05) is 32.1 Å². The van der Waals surface area contributed by atoms with Crippen molar-refractivity contribution in [1.29, 1.82) is 0 Å². The summed E-state index contributed by atoms with van der Waals surface area (Å²) in [7, 11) is 0. The molecular formula is C19H29NO2. The van der Waals surface area contributed by atoms with E-state index in [1.807, 2.05) is 12.1 Å².